The fourth-order valence-electron chi connectivity index (χ4n) is 11.2. The molecule has 8 rings (SSSR count). The van der Waals surface area contributed by atoms with Crippen LogP contribution in [0.5, 0.6) is 0 Å². The van der Waals surface area contributed by atoms with Gasteiger partial charge in [0.1, 0.15) is 0 Å². The molecule has 2 aliphatic heterocycles. The van der Waals surface area contributed by atoms with Crippen LogP contribution in [-0.2, 0) is 6.42 Å². The molecule has 10 heteroatoms. The number of nitrogens with one attached hydrogen (secondary N) is 1. The normalized spacial score (nSPS) is 23.8. The summed E-state index contributed by atoms with van der Waals surface area (Å²) in [6, 6.07) is 10.6. The fourth-order valence-corrected chi connectivity index (χ4v) is 22.5. The van der Waals surface area contributed by atoms with Crippen molar-refractivity contribution in [3.63, 3.8) is 0 Å². The molecule has 0 radical (unpaired) electrons. The first-order chi connectivity index (χ1) is 30.7. The van der Waals surface area contributed by atoms with Crippen LogP contribution in [0.25, 0.3) is 40.9 Å². The smallest absolute Gasteiger partial charge is 0.213 e. The molecule has 344 valence electrons. The molecule has 0 aromatic carbocycles. The highest BCUT2D eigenvalue weighted by molar-refractivity contribution is 8.34. The van der Waals surface area contributed by atoms with Gasteiger partial charge >= 0.3 is 0 Å². The van der Waals surface area contributed by atoms with E-state index in [4.69, 9.17) is 20.4 Å². The topological polar surface area (TPSA) is 63.6 Å². The van der Waals surface area contributed by atoms with E-state index in [0.717, 1.165) is 34.6 Å². The molecular formula is C53H77N5S5. The van der Waals surface area contributed by atoms with E-state index < -0.39 is 10.0 Å². The quantitative estimate of drug-likeness (QED) is 0.0707. The second-order valence-corrected chi connectivity index (χ2v) is 27.2. The second kappa shape index (κ2) is 21.3. The van der Waals surface area contributed by atoms with E-state index in [-0.39, 0.29) is 0 Å². The lowest BCUT2D eigenvalue weighted by Crippen LogP contribution is -2.29. The molecule has 3 aliphatic rings. The number of unbranched alkanes of at least 4 members (excludes halogenated alkanes) is 4. The Hall–Kier alpha value is -1.95. The molecule has 5 aromatic heterocycles. The molecule has 0 spiro atoms. The van der Waals surface area contributed by atoms with Gasteiger partial charge in [-0.2, -0.15) is 10.0 Å². The van der Waals surface area contributed by atoms with Gasteiger partial charge in [0, 0.05) is 35.3 Å². The second-order valence-electron chi connectivity index (χ2n) is 19.6. The first kappa shape index (κ1) is 47.5. The maximum Gasteiger partial charge on any atom is 0.213 e. The Labute approximate surface area is 398 Å². The Kier molecular flexibility index (Phi) is 16.1. The van der Waals surface area contributed by atoms with Gasteiger partial charge in [0.25, 0.3) is 0 Å². The van der Waals surface area contributed by atoms with Gasteiger partial charge in [-0.3, -0.25) is 0 Å². The van der Waals surface area contributed by atoms with E-state index in [1.165, 1.54) is 134 Å². The van der Waals surface area contributed by atoms with Gasteiger partial charge in [0.05, 0.1) is 19.5 Å². The van der Waals surface area contributed by atoms with Gasteiger partial charge in [0.15, 0.2) is 0 Å². The van der Waals surface area contributed by atoms with E-state index >= 15 is 0 Å². The third-order valence-corrected chi connectivity index (χ3v) is 25.2. The van der Waals surface area contributed by atoms with Crippen LogP contribution in [0.3, 0.4) is 0 Å². The van der Waals surface area contributed by atoms with Gasteiger partial charge in [0.2, 0.25) is 11.6 Å². The zero-order chi connectivity index (χ0) is 44.3. The summed E-state index contributed by atoms with van der Waals surface area (Å²) in [6.45, 7) is 22.6. The Balaban J connectivity index is 1.17. The predicted molar refractivity (Wildman–Crippen MR) is 279 cm³/mol. The number of nitrogens with zero attached hydrogens (tertiary/aromatic N) is 4. The lowest BCUT2D eigenvalue weighted by atomic mass is 9.66. The molecule has 1 aliphatic carbocycles. The third-order valence-electron chi connectivity index (χ3n) is 15.2. The Morgan fingerprint density at radius 1 is 0.651 bits per heavy atom. The van der Waals surface area contributed by atoms with Gasteiger partial charge in [-0.15, -0.1) is 65.7 Å². The van der Waals surface area contributed by atoms with E-state index in [9.17, 15) is 0 Å². The van der Waals surface area contributed by atoms with Crippen LogP contribution in [0.15, 0.2) is 34.1 Å². The summed E-state index contributed by atoms with van der Waals surface area (Å²) >= 11 is 7.98. The number of hydrogen-bond acceptors (Lipinski definition) is 9. The zero-order valence-corrected chi connectivity index (χ0v) is 44.2. The fraction of sp³-hybridized carbons (Fsp3) is 0.660. The molecule has 5 aromatic rings. The largest absolute Gasteiger partial charge is 0.309 e. The average molecular weight is 945 g/mol. The molecule has 63 heavy (non-hydrogen) atoms. The first-order valence-corrected chi connectivity index (χ1v) is 30.6. The van der Waals surface area contributed by atoms with Crippen LogP contribution in [-0.4, -0.2) is 38.4 Å². The molecule has 5 nitrogen and oxygen atoms in total. The van der Waals surface area contributed by atoms with Gasteiger partial charge in [-0.05, 0) is 122 Å². The minimum Gasteiger partial charge on any atom is -0.309 e. The number of fused-ring (bicyclic) bond motifs is 5. The summed E-state index contributed by atoms with van der Waals surface area (Å²) in [5.74, 6) is 8.19. The maximum atomic E-state index is 4.86. The van der Waals surface area contributed by atoms with Crippen molar-refractivity contribution in [2.24, 2.45) is 23.7 Å². The molecule has 8 unspecified atom stereocenters. The molecular weight excluding hydrogens is 867 g/mol. The lowest BCUT2D eigenvalue weighted by molar-refractivity contribution is 0.310. The zero-order valence-electron chi connectivity index (χ0n) is 40.1. The van der Waals surface area contributed by atoms with E-state index in [0.29, 0.717) is 41.4 Å². The van der Waals surface area contributed by atoms with Gasteiger partial charge in [-0.25, -0.2) is 0 Å². The highest BCUT2D eigenvalue weighted by Gasteiger charge is 2.46. The molecule has 0 saturated heterocycles. The van der Waals surface area contributed by atoms with Crippen LogP contribution in [0.4, 0.5) is 0 Å². The van der Waals surface area contributed by atoms with E-state index in [1.54, 1.807) is 24.4 Å². The number of rotatable bonds is 23. The monoisotopic (exact) mass is 943 g/mol. The molecule has 0 saturated carbocycles. The molecule has 7 heterocycles. The van der Waals surface area contributed by atoms with Crippen LogP contribution >= 0.6 is 55.4 Å². The SMILES string of the molecule is CCCCC(CC)Cc1cc(-c2nnc(-c3cc4c(s3)C(C)C4C(CC)CCCC)nn2)sc1-c1cc2c(s1)-c1sc3cc1S2(CC(CC)CCCC)CC(CCCC)CNC3C. The van der Waals surface area contributed by atoms with Crippen LogP contribution < -0.4 is 5.32 Å². The summed E-state index contributed by atoms with van der Waals surface area (Å²) in [4.78, 5) is 14.9. The van der Waals surface area contributed by atoms with Gasteiger partial charge in [-0.1, -0.05) is 132 Å². The van der Waals surface area contributed by atoms with E-state index in [2.05, 4.69) is 115 Å². The standard InChI is InChI=1S/C53H77N5S5/c1-10-17-21-35(14-5)25-39-26-43(52-55-57-53(58-56-52)44-27-40-47(33(8)48(40)61-44)38(16-7)24-20-13-4)62-49(39)42-29-46-51(60-42)50-45-28-41(59-50)34(9)54-30-37(23-19-12-3)32-63(45,46)31-36(15-6)22-18-11-2/h26-29,33-38,47,54H,10-25,30-32H2,1-9H3. The summed E-state index contributed by atoms with van der Waals surface area (Å²) in [7, 11) is -1.22. The summed E-state index contributed by atoms with van der Waals surface area (Å²) < 4.78 is 0. The van der Waals surface area contributed by atoms with Crippen molar-refractivity contribution in [2.45, 2.75) is 193 Å². The minimum atomic E-state index is -1.22. The van der Waals surface area contributed by atoms with Crippen molar-refractivity contribution in [1.82, 2.24) is 25.7 Å². The summed E-state index contributed by atoms with van der Waals surface area (Å²) in [5, 5.41) is 23.4. The van der Waals surface area contributed by atoms with Gasteiger partial charge < -0.3 is 5.32 Å². The maximum absolute atomic E-state index is 4.86. The van der Waals surface area contributed by atoms with Crippen molar-refractivity contribution in [3.8, 4) is 40.9 Å². The van der Waals surface area contributed by atoms with E-state index in [1.807, 2.05) is 22.7 Å². The third kappa shape index (κ3) is 9.62. The average Bonchev–Trinajstić information content (AvgIpc) is 4.14. The minimum absolute atomic E-state index is 0.402. The van der Waals surface area contributed by atoms with Crippen LogP contribution in [0, 0.1) is 23.7 Å². The van der Waals surface area contributed by atoms with Crippen molar-refractivity contribution < 1.29 is 0 Å². The molecule has 2 bridgehead atoms. The van der Waals surface area contributed by atoms with Crippen molar-refractivity contribution in [1.29, 1.82) is 0 Å². The highest BCUT2D eigenvalue weighted by atomic mass is 32.3. The number of thiophene rings is 4. The number of aromatic nitrogens is 4. The Morgan fingerprint density at radius 3 is 1.94 bits per heavy atom. The highest BCUT2D eigenvalue weighted by Crippen LogP contribution is 2.77. The predicted octanol–water partition coefficient (Wildman–Crippen LogP) is 17.6. The first-order valence-electron chi connectivity index (χ1n) is 25.3. The molecule has 8 atom stereocenters. The summed E-state index contributed by atoms with van der Waals surface area (Å²) in [6.07, 6.45) is 20.5. The molecule has 1 N–H and O–H groups in total. The van der Waals surface area contributed by atoms with Crippen molar-refractivity contribution >= 4 is 55.4 Å². The number of hydrogen-bond donors (Lipinski definition) is 1. The lowest BCUT2D eigenvalue weighted by Gasteiger charge is -2.42. The molecule has 0 fully saturated rings. The molecule has 0 amide bonds. The van der Waals surface area contributed by atoms with Crippen molar-refractivity contribution in [3.05, 3.63) is 45.1 Å². The van der Waals surface area contributed by atoms with Crippen LogP contribution in [0.1, 0.15) is 197 Å². The van der Waals surface area contributed by atoms with Crippen LogP contribution in [0.2, 0.25) is 0 Å². The van der Waals surface area contributed by atoms with Crippen molar-refractivity contribution in [2.75, 3.05) is 18.1 Å². The Bertz CT molecular complexity index is 2250. The Morgan fingerprint density at radius 2 is 1.27 bits per heavy atom. The summed E-state index contributed by atoms with van der Waals surface area (Å²) in [5.41, 5.74) is 3.00.